The highest BCUT2D eigenvalue weighted by atomic mass is 16.5. The van der Waals surface area contributed by atoms with Gasteiger partial charge >= 0.3 is 0 Å². The van der Waals surface area contributed by atoms with Gasteiger partial charge in [-0.3, -0.25) is 0 Å². The Kier molecular flexibility index (Phi) is 5.19. The lowest BCUT2D eigenvalue weighted by atomic mass is 9.65. The van der Waals surface area contributed by atoms with E-state index in [4.69, 9.17) is 4.74 Å². The average Bonchev–Trinajstić information content (AvgIpc) is 2.38. The Morgan fingerprint density at radius 1 is 1.56 bits per heavy atom. The number of nitriles is 1. The Labute approximate surface area is 111 Å². The first-order valence-corrected chi connectivity index (χ1v) is 7.03. The summed E-state index contributed by atoms with van der Waals surface area (Å²) in [5.41, 5.74) is -0.933. The van der Waals surface area contributed by atoms with Crippen LogP contribution in [-0.2, 0) is 4.74 Å². The zero-order valence-electron chi connectivity index (χ0n) is 12.2. The summed E-state index contributed by atoms with van der Waals surface area (Å²) in [5.74, 6) is 0.582. The zero-order chi connectivity index (χ0) is 13.8. The van der Waals surface area contributed by atoms with Crippen LogP contribution in [0.4, 0.5) is 0 Å². The summed E-state index contributed by atoms with van der Waals surface area (Å²) in [6.07, 6.45) is 4.93. The van der Waals surface area contributed by atoms with Crippen LogP contribution in [0, 0.1) is 22.7 Å². The molecule has 0 aromatic rings. The summed E-state index contributed by atoms with van der Waals surface area (Å²) in [7, 11) is 1.65. The highest BCUT2D eigenvalue weighted by Crippen LogP contribution is 2.44. The molecule has 1 aliphatic rings. The second-order valence-corrected chi connectivity index (χ2v) is 6.32. The first-order chi connectivity index (χ1) is 8.39. The molecule has 3 heteroatoms. The summed E-state index contributed by atoms with van der Waals surface area (Å²) in [6.45, 7) is 6.09. The minimum atomic E-state index is -0.591. The quantitative estimate of drug-likeness (QED) is 0.818. The van der Waals surface area contributed by atoms with Crippen LogP contribution in [0.2, 0.25) is 0 Å². The Morgan fingerprint density at radius 3 is 2.72 bits per heavy atom. The Hall–Kier alpha value is -0.590. The molecule has 0 spiro atoms. The smallest absolute Gasteiger partial charge is 0.0836 e. The fraction of sp³-hybridized carbons (Fsp3) is 0.933. The van der Waals surface area contributed by atoms with Gasteiger partial charge in [0.25, 0.3) is 0 Å². The largest absolute Gasteiger partial charge is 0.391 e. The molecule has 104 valence electrons. The Balaban J connectivity index is 2.78. The Bertz CT molecular complexity index is 308. The molecule has 18 heavy (non-hydrogen) atoms. The van der Waals surface area contributed by atoms with Crippen LogP contribution in [0.5, 0.6) is 0 Å². The molecule has 0 saturated heterocycles. The molecule has 3 nitrogen and oxygen atoms in total. The van der Waals surface area contributed by atoms with E-state index >= 15 is 0 Å². The van der Waals surface area contributed by atoms with Gasteiger partial charge in [-0.15, -0.1) is 0 Å². The number of nitrogens with zero attached hydrogens (tertiary/aromatic N) is 1. The maximum absolute atomic E-state index is 10.5. The second kappa shape index (κ2) is 6.04. The molecule has 1 N–H and O–H groups in total. The van der Waals surface area contributed by atoms with Gasteiger partial charge in [0.2, 0.25) is 0 Å². The average molecular weight is 253 g/mol. The number of rotatable bonds is 5. The lowest BCUT2D eigenvalue weighted by Gasteiger charge is -2.41. The molecular formula is C15H27NO2. The van der Waals surface area contributed by atoms with Gasteiger partial charge in [-0.25, -0.2) is 0 Å². The maximum Gasteiger partial charge on any atom is 0.0836 e. The predicted octanol–water partition coefficient (Wildman–Crippen LogP) is 3.27. The summed E-state index contributed by atoms with van der Waals surface area (Å²) in [5, 5.41) is 20.0. The number of ether oxygens (including phenoxy) is 1. The van der Waals surface area contributed by atoms with E-state index in [9.17, 15) is 10.4 Å². The van der Waals surface area contributed by atoms with Gasteiger partial charge < -0.3 is 9.84 Å². The van der Waals surface area contributed by atoms with E-state index in [1.54, 1.807) is 7.11 Å². The van der Waals surface area contributed by atoms with E-state index in [0.717, 1.165) is 25.7 Å². The van der Waals surface area contributed by atoms with E-state index in [0.29, 0.717) is 12.3 Å². The van der Waals surface area contributed by atoms with E-state index < -0.39 is 11.5 Å². The fourth-order valence-electron chi connectivity index (χ4n) is 3.00. The lowest BCUT2D eigenvalue weighted by Crippen LogP contribution is -2.43. The Morgan fingerprint density at radius 2 is 2.22 bits per heavy atom. The van der Waals surface area contributed by atoms with E-state index in [1.165, 1.54) is 6.42 Å². The van der Waals surface area contributed by atoms with Gasteiger partial charge in [-0.05, 0) is 32.6 Å². The zero-order valence-corrected chi connectivity index (χ0v) is 12.2. The first-order valence-electron chi connectivity index (χ1n) is 7.03. The van der Waals surface area contributed by atoms with Crippen LogP contribution in [-0.4, -0.2) is 23.9 Å². The monoisotopic (exact) mass is 253 g/mol. The van der Waals surface area contributed by atoms with Crippen molar-refractivity contribution in [2.24, 2.45) is 11.3 Å². The van der Waals surface area contributed by atoms with E-state index in [1.807, 2.05) is 13.8 Å². The van der Waals surface area contributed by atoms with Gasteiger partial charge in [0, 0.05) is 13.5 Å². The maximum atomic E-state index is 10.5. The van der Waals surface area contributed by atoms with E-state index in [2.05, 4.69) is 13.0 Å². The highest BCUT2D eigenvalue weighted by molar-refractivity contribution is 5.07. The topological polar surface area (TPSA) is 53.2 Å². The normalized spacial score (nSPS) is 30.8. The van der Waals surface area contributed by atoms with Crippen LogP contribution >= 0.6 is 0 Å². The third kappa shape index (κ3) is 3.46. The molecule has 3 atom stereocenters. The van der Waals surface area contributed by atoms with Crippen molar-refractivity contribution < 1.29 is 9.84 Å². The minimum absolute atomic E-state index is 0.373. The number of hydrogen-bond acceptors (Lipinski definition) is 3. The molecule has 0 aliphatic heterocycles. The van der Waals surface area contributed by atoms with Crippen LogP contribution < -0.4 is 0 Å². The summed E-state index contributed by atoms with van der Waals surface area (Å²) in [4.78, 5) is 0. The predicted molar refractivity (Wildman–Crippen MR) is 72.0 cm³/mol. The van der Waals surface area contributed by atoms with Crippen molar-refractivity contribution in [3.05, 3.63) is 0 Å². The van der Waals surface area contributed by atoms with Crippen molar-refractivity contribution in [3.63, 3.8) is 0 Å². The molecule has 1 saturated carbocycles. The van der Waals surface area contributed by atoms with Gasteiger partial charge in [0.1, 0.15) is 0 Å². The molecule has 1 aliphatic carbocycles. The molecule has 0 amide bonds. The second-order valence-electron chi connectivity index (χ2n) is 6.32. The number of methoxy groups -OCH3 is 1. The third-order valence-corrected chi connectivity index (χ3v) is 4.56. The summed E-state index contributed by atoms with van der Waals surface area (Å²) < 4.78 is 5.37. The molecule has 0 heterocycles. The number of aliphatic hydroxyl groups is 1. The van der Waals surface area contributed by atoms with Crippen LogP contribution in [0.1, 0.15) is 59.3 Å². The van der Waals surface area contributed by atoms with Gasteiger partial charge in [0.05, 0.1) is 23.2 Å². The molecule has 0 aromatic heterocycles. The van der Waals surface area contributed by atoms with Crippen LogP contribution in [0.25, 0.3) is 0 Å². The molecule has 0 aromatic carbocycles. The molecule has 1 fully saturated rings. The number of hydrogen-bond donors (Lipinski definition) is 1. The van der Waals surface area contributed by atoms with Crippen molar-refractivity contribution in [2.45, 2.75) is 71.0 Å². The molecule has 1 rings (SSSR count). The lowest BCUT2D eigenvalue weighted by molar-refractivity contribution is -0.0607. The fourth-order valence-corrected chi connectivity index (χ4v) is 3.00. The van der Waals surface area contributed by atoms with E-state index in [-0.39, 0.29) is 5.60 Å². The number of aliphatic hydroxyl groups excluding tert-OH is 1. The summed E-state index contributed by atoms with van der Waals surface area (Å²) >= 11 is 0. The standard InChI is InChI=1S/C15H27NO2/c1-5-12-7-6-8-15(9-12,11-16)13(17)10-14(2,3)18-4/h12-13,17H,5-10H2,1-4H3. The van der Waals surface area contributed by atoms with Crippen molar-refractivity contribution in [3.8, 4) is 6.07 Å². The third-order valence-electron chi connectivity index (χ3n) is 4.56. The van der Waals surface area contributed by atoms with Gasteiger partial charge in [-0.2, -0.15) is 5.26 Å². The van der Waals surface area contributed by atoms with Crippen molar-refractivity contribution in [1.82, 2.24) is 0 Å². The first kappa shape index (κ1) is 15.5. The van der Waals surface area contributed by atoms with Gasteiger partial charge in [-0.1, -0.05) is 26.2 Å². The van der Waals surface area contributed by atoms with Crippen LogP contribution in [0.15, 0.2) is 0 Å². The van der Waals surface area contributed by atoms with Crippen molar-refractivity contribution in [1.29, 1.82) is 5.26 Å². The summed E-state index contributed by atoms with van der Waals surface area (Å²) in [6, 6.07) is 2.42. The van der Waals surface area contributed by atoms with Crippen molar-refractivity contribution >= 4 is 0 Å². The molecule has 0 bridgehead atoms. The molecular weight excluding hydrogens is 226 g/mol. The van der Waals surface area contributed by atoms with Crippen molar-refractivity contribution in [2.75, 3.05) is 7.11 Å². The minimum Gasteiger partial charge on any atom is -0.391 e. The SMILES string of the molecule is CCC1CCCC(C#N)(C(O)CC(C)(C)OC)C1. The van der Waals surface area contributed by atoms with Crippen LogP contribution in [0.3, 0.4) is 0 Å². The highest BCUT2D eigenvalue weighted by Gasteiger charge is 2.44. The molecule has 3 unspecified atom stereocenters. The van der Waals surface area contributed by atoms with Gasteiger partial charge in [0.15, 0.2) is 0 Å². The molecule has 0 radical (unpaired) electrons.